The van der Waals surface area contributed by atoms with Gasteiger partial charge in [-0.05, 0) is 42.2 Å². The summed E-state index contributed by atoms with van der Waals surface area (Å²) in [7, 11) is 0. The van der Waals surface area contributed by atoms with Gasteiger partial charge in [-0.2, -0.15) is 0 Å². The second-order valence-electron chi connectivity index (χ2n) is 10.6. The van der Waals surface area contributed by atoms with Crippen LogP contribution in [0.15, 0.2) is 54.1 Å². The van der Waals surface area contributed by atoms with Gasteiger partial charge in [0.2, 0.25) is 11.8 Å². The Labute approximate surface area is 238 Å². The van der Waals surface area contributed by atoms with Gasteiger partial charge in [-0.15, -0.1) is 0 Å². The number of amides is 2. The molecule has 3 aliphatic rings. The molecule has 39 heavy (non-hydrogen) atoms. The van der Waals surface area contributed by atoms with E-state index in [1.54, 1.807) is 29.2 Å². The van der Waals surface area contributed by atoms with Crippen molar-refractivity contribution in [3.05, 3.63) is 75.3 Å². The zero-order chi connectivity index (χ0) is 27.5. The van der Waals surface area contributed by atoms with Crippen molar-refractivity contribution in [1.82, 2.24) is 10.2 Å². The highest BCUT2D eigenvalue weighted by Gasteiger charge is 2.50. The lowest BCUT2D eigenvalue weighted by Crippen LogP contribution is -2.55. The fourth-order valence-corrected chi connectivity index (χ4v) is 6.62. The van der Waals surface area contributed by atoms with Gasteiger partial charge >= 0.3 is 0 Å². The fraction of sp³-hybridized carbons (Fsp3) is 0.467. The maximum atomic E-state index is 13.8. The van der Waals surface area contributed by atoms with Gasteiger partial charge in [-0.25, -0.2) is 0 Å². The summed E-state index contributed by atoms with van der Waals surface area (Å²) in [5.74, 6) is 0.156. The molecule has 0 unspecified atom stereocenters. The molecule has 0 radical (unpaired) electrons. The summed E-state index contributed by atoms with van der Waals surface area (Å²) in [4.78, 5) is 28.8. The number of rotatable bonds is 9. The Morgan fingerprint density at radius 3 is 2.62 bits per heavy atom. The van der Waals surface area contributed by atoms with E-state index in [0.717, 1.165) is 24.8 Å². The van der Waals surface area contributed by atoms with Crippen molar-refractivity contribution < 1.29 is 24.5 Å². The summed E-state index contributed by atoms with van der Waals surface area (Å²) in [6.07, 6.45) is 5.64. The molecule has 1 fully saturated rings. The molecule has 1 aliphatic heterocycles. The third kappa shape index (κ3) is 5.97. The Morgan fingerprint density at radius 1 is 1.10 bits per heavy atom. The molecule has 0 bridgehead atoms. The number of fused-ring (bicyclic) bond motifs is 3. The van der Waals surface area contributed by atoms with Crippen molar-refractivity contribution in [3.8, 4) is 5.75 Å². The molecule has 4 atom stereocenters. The molecule has 1 saturated carbocycles. The number of aliphatic hydroxyl groups excluding tert-OH is 2. The lowest BCUT2D eigenvalue weighted by atomic mass is 9.77. The van der Waals surface area contributed by atoms with Crippen LogP contribution in [-0.2, 0) is 16.1 Å². The van der Waals surface area contributed by atoms with Crippen LogP contribution < -0.4 is 10.1 Å². The quantitative estimate of drug-likeness (QED) is 0.407. The summed E-state index contributed by atoms with van der Waals surface area (Å²) >= 11 is 12.6. The number of ether oxygens (including phenoxy) is 1. The van der Waals surface area contributed by atoms with Crippen molar-refractivity contribution in [3.63, 3.8) is 0 Å². The van der Waals surface area contributed by atoms with Crippen LogP contribution in [0, 0.1) is 5.92 Å². The Hall–Kier alpha value is -2.58. The molecule has 7 nitrogen and oxygen atoms in total. The van der Waals surface area contributed by atoms with E-state index < -0.39 is 24.2 Å². The van der Waals surface area contributed by atoms with Crippen LogP contribution in [0.4, 0.5) is 0 Å². The minimum atomic E-state index is -1.08. The summed E-state index contributed by atoms with van der Waals surface area (Å²) in [5.41, 5.74) is 1.91. The molecule has 0 spiro atoms. The first kappa shape index (κ1) is 28.0. The van der Waals surface area contributed by atoms with Gasteiger partial charge in [0.05, 0.1) is 18.6 Å². The molecule has 5 rings (SSSR count). The Balaban J connectivity index is 1.51. The normalized spacial score (nSPS) is 23.9. The maximum Gasteiger partial charge on any atom is 0.247 e. The second kappa shape index (κ2) is 12.3. The van der Waals surface area contributed by atoms with Gasteiger partial charge in [-0.3, -0.25) is 9.59 Å². The van der Waals surface area contributed by atoms with Crippen molar-refractivity contribution >= 4 is 35.0 Å². The first-order valence-electron chi connectivity index (χ1n) is 13.6. The van der Waals surface area contributed by atoms with Crippen LogP contribution in [0.5, 0.6) is 5.75 Å². The monoisotopic (exact) mass is 572 g/mol. The van der Waals surface area contributed by atoms with Crippen molar-refractivity contribution in [2.24, 2.45) is 5.92 Å². The van der Waals surface area contributed by atoms with Crippen LogP contribution in [0.2, 0.25) is 10.0 Å². The van der Waals surface area contributed by atoms with Gasteiger partial charge in [0.25, 0.3) is 0 Å². The SMILES string of the molecule is O=C(NCCO)C1=C[C@@H](N(Cc2ccc(Cl)cc2Cl)C(=O)CCC2CCCC2)[C@H](O)[C@H]2Oc3ccccc3[C@@H]12. The van der Waals surface area contributed by atoms with Crippen LogP contribution in [0.25, 0.3) is 0 Å². The molecule has 3 N–H and O–H groups in total. The molecule has 2 aliphatic carbocycles. The zero-order valence-electron chi connectivity index (χ0n) is 21.7. The largest absolute Gasteiger partial charge is 0.486 e. The molecule has 2 amide bonds. The third-order valence-corrected chi connectivity index (χ3v) is 8.74. The minimum absolute atomic E-state index is 0.0910. The summed E-state index contributed by atoms with van der Waals surface area (Å²) in [5, 5.41) is 24.6. The van der Waals surface area contributed by atoms with Gasteiger partial charge in [0.15, 0.2) is 0 Å². The first-order chi connectivity index (χ1) is 18.9. The Kier molecular flexibility index (Phi) is 8.82. The number of benzene rings is 2. The summed E-state index contributed by atoms with van der Waals surface area (Å²) in [6, 6.07) is 11.7. The van der Waals surface area contributed by atoms with Crippen molar-refractivity contribution in [2.75, 3.05) is 13.2 Å². The zero-order valence-corrected chi connectivity index (χ0v) is 23.2. The standard InChI is InChI=1S/C30H34Cl2N2O5/c31-20-11-10-19(23(32)15-20)17-34(26(36)12-9-18-5-1-2-6-18)24-16-22(30(38)33-13-14-35)27-21-7-3-4-8-25(21)39-29(27)28(24)37/h3-4,7-8,10-11,15-16,18,24,27-29,35,37H,1-2,5-6,9,12-14,17H2,(H,33,38)/t24-,27+,28+,29+/m1/s1. The predicted molar refractivity (Wildman–Crippen MR) is 150 cm³/mol. The van der Waals surface area contributed by atoms with Crippen LogP contribution in [-0.4, -0.2) is 58.3 Å². The molecule has 208 valence electrons. The average Bonchev–Trinajstić information content (AvgIpc) is 3.59. The number of aliphatic hydroxyl groups is 2. The number of halogens is 2. The van der Waals surface area contributed by atoms with Crippen LogP contribution >= 0.6 is 23.2 Å². The molecule has 0 saturated heterocycles. The van der Waals surface area contributed by atoms with Gasteiger partial charge in [-0.1, -0.05) is 73.2 Å². The van der Waals surface area contributed by atoms with E-state index >= 15 is 0 Å². The lowest BCUT2D eigenvalue weighted by molar-refractivity contribution is -0.138. The van der Waals surface area contributed by atoms with Gasteiger partial charge in [0.1, 0.15) is 18.0 Å². The molecular weight excluding hydrogens is 539 g/mol. The first-order valence-corrected chi connectivity index (χ1v) is 14.4. The van der Waals surface area contributed by atoms with E-state index in [1.165, 1.54) is 12.8 Å². The molecule has 1 heterocycles. The molecule has 9 heteroatoms. The van der Waals surface area contributed by atoms with E-state index in [9.17, 15) is 19.8 Å². The minimum Gasteiger partial charge on any atom is -0.486 e. The second-order valence-corrected chi connectivity index (χ2v) is 11.5. The van der Waals surface area contributed by atoms with Crippen LogP contribution in [0.3, 0.4) is 0 Å². The van der Waals surface area contributed by atoms with E-state index in [4.69, 9.17) is 27.9 Å². The number of carbonyl (C=O) groups is 2. The van der Waals surface area contributed by atoms with E-state index in [2.05, 4.69) is 5.32 Å². The van der Waals surface area contributed by atoms with Gasteiger partial charge < -0.3 is 25.2 Å². The molecule has 2 aromatic carbocycles. The van der Waals surface area contributed by atoms with Gasteiger partial charge in [0, 0.05) is 40.7 Å². The number of nitrogens with one attached hydrogen (secondary N) is 1. The number of hydrogen-bond acceptors (Lipinski definition) is 5. The highest BCUT2D eigenvalue weighted by molar-refractivity contribution is 6.35. The van der Waals surface area contributed by atoms with Crippen molar-refractivity contribution in [2.45, 2.75) is 69.2 Å². The number of carbonyl (C=O) groups excluding carboxylic acids is 2. The topological polar surface area (TPSA) is 99.1 Å². The summed E-state index contributed by atoms with van der Waals surface area (Å²) in [6.45, 7) is 0.0361. The smallest absolute Gasteiger partial charge is 0.247 e. The Morgan fingerprint density at radius 2 is 1.87 bits per heavy atom. The highest BCUT2D eigenvalue weighted by atomic mass is 35.5. The average molecular weight is 574 g/mol. The number of nitrogens with zero attached hydrogens (tertiary/aromatic N) is 1. The van der Waals surface area contributed by atoms with E-state index in [-0.39, 0.29) is 31.5 Å². The maximum absolute atomic E-state index is 13.8. The fourth-order valence-electron chi connectivity index (χ4n) is 6.15. The number of hydrogen-bond donors (Lipinski definition) is 3. The highest BCUT2D eigenvalue weighted by Crippen LogP contribution is 2.47. The van der Waals surface area contributed by atoms with E-state index in [1.807, 2.05) is 24.3 Å². The third-order valence-electron chi connectivity index (χ3n) is 8.15. The predicted octanol–water partition coefficient (Wildman–Crippen LogP) is 4.62. The number of para-hydroxylation sites is 1. The van der Waals surface area contributed by atoms with Crippen molar-refractivity contribution in [1.29, 1.82) is 0 Å². The van der Waals surface area contributed by atoms with Crippen LogP contribution in [0.1, 0.15) is 55.6 Å². The lowest BCUT2D eigenvalue weighted by Gasteiger charge is -2.41. The molecular formula is C30H34Cl2N2O5. The Bertz CT molecular complexity index is 1250. The molecule has 0 aromatic heterocycles. The summed E-state index contributed by atoms with van der Waals surface area (Å²) < 4.78 is 6.20. The molecule has 2 aromatic rings. The van der Waals surface area contributed by atoms with E-state index in [0.29, 0.717) is 39.3 Å².